The molecule has 2 aromatic heterocycles. The van der Waals surface area contributed by atoms with Crippen molar-refractivity contribution in [2.24, 2.45) is 0 Å². The van der Waals surface area contributed by atoms with E-state index in [1.54, 1.807) is 12.4 Å². The van der Waals surface area contributed by atoms with Gasteiger partial charge in [-0.15, -0.1) is 0 Å². The van der Waals surface area contributed by atoms with E-state index in [0.29, 0.717) is 5.02 Å². The van der Waals surface area contributed by atoms with Crippen LogP contribution in [0.2, 0.25) is 5.02 Å². The smallest absolute Gasteiger partial charge is 0.0637 e. The number of pyridine rings is 1. The summed E-state index contributed by atoms with van der Waals surface area (Å²) in [6.45, 7) is 5.00. The minimum atomic E-state index is 0.164. The zero-order valence-electron chi connectivity index (χ0n) is 11.5. The first kappa shape index (κ1) is 14.0. The van der Waals surface area contributed by atoms with Gasteiger partial charge in [0.1, 0.15) is 0 Å². The number of rotatable bonds is 5. The van der Waals surface area contributed by atoms with Crippen LogP contribution in [0.5, 0.6) is 0 Å². The van der Waals surface area contributed by atoms with Crippen LogP contribution in [0, 0.1) is 6.92 Å². The summed E-state index contributed by atoms with van der Waals surface area (Å²) < 4.78 is 2.04. The Balaban J connectivity index is 2.26. The zero-order chi connectivity index (χ0) is 13.8. The Morgan fingerprint density at radius 3 is 2.89 bits per heavy atom. The lowest BCUT2D eigenvalue weighted by atomic mass is 10.0. The van der Waals surface area contributed by atoms with E-state index in [0.717, 1.165) is 24.2 Å². The molecule has 0 saturated heterocycles. The number of hydrogen-bond acceptors (Lipinski definition) is 3. The van der Waals surface area contributed by atoms with E-state index in [4.69, 9.17) is 11.6 Å². The Labute approximate surface area is 118 Å². The molecule has 0 bridgehead atoms. The maximum absolute atomic E-state index is 6.22. The van der Waals surface area contributed by atoms with E-state index in [-0.39, 0.29) is 6.04 Å². The van der Waals surface area contributed by atoms with Gasteiger partial charge in [-0.25, -0.2) is 0 Å². The van der Waals surface area contributed by atoms with Crippen molar-refractivity contribution in [3.05, 3.63) is 46.5 Å². The van der Waals surface area contributed by atoms with Crippen molar-refractivity contribution in [1.82, 2.24) is 20.1 Å². The maximum atomic E-state index is 6.22. The summed E-state index contributed by atoms with van der Waals surface area (Å²) in [7, 11) is 1.95. The van der Waals surface area contributed by atoms with E-state index in [1.165, 1.54) is 5.69 Å². The molecule has 0 saturated carbocycles. The topological polar surface area (TPSA) is 42.7 Å². The van der Waals surface area contributed by atoms with Gasteiger partial charge in [0, 0.05) is 37.1 Å². The average molecular weight is 279 g/mol. The highest BCUT2D eigenvalue weighted by Crippen LogP contribution is 2.24. The molecule has 0 aliphatic heterocycles. The minimum Gasteiger partial charge on any atom is -0.313 e. The number of aryl methyl sites for hydroxylation is 2. The third-order valence-electron chi connectivity index (χ3n) is 3.23. The average Bonchev–Trinajstić information content (AvgIpc) is 2.77. The van der Waals surface area contributed by atoms with Crippen molar-refractivity contribution in [2.45, 2.75) is 32.9 Å². The summed E-state index contributed by atoms with van der Waals surface area (Å²) in [4.78, 5) is 4.03. The van der Waals surface area contributed by atoms with Crippen molar-refractivity contribution < 1.29 is 0 Å². The maximum Gasteiger partial charge on any atom is 0.0637 e. The largest absolute Gasteiger partial charge is 0.313 e. The highest BCUT2D eigenvalue weighted by molar-refractivity contribution is 6.31. The number of hydrogen-bond donors (Lipinski definition) is 1. The Bertz CT molecular complexity index is 550. The molecule has 0 aliphatic carbocycles. The molecule has 2 heterocycles. The second-order valence-corrected chi connectivity index (χ2v) is 4.94. The number of nitrogens with one attached hydrogen (secondary N) is 1. The number of halogens is 1. The number of likely N-dealkylation sites (N-methyl/N-ethyl adjacent to an activating group) is 1. The molecule has 2 rings (SSSR count). The molecule has 0 fully saturated rings. The molecule has 19 heavy (non-hydrogen) atoms. The Morgan fingerprint density at radius 1 is 1.47 bits per heavy atom. The second-order valence-electron chi connectivity index (χ2n) is 4.54. The van der Waals surface area contributed by atoms with Crippen LogP contribution in [0.15, 0.2) is 24.5 Å². The van der Waals surface area contributed by atoms with Crippen LogP contribution in [-0.4, -0.2) is 21.8 Å². The van der Waals surface area contributed by atoms with E-state index < -0.39 is 0 Å². The predicted molar refractivity (Wildman–Crippen MR) is 77.4 cm³/mol. The molecule has 1 N–H and O–H groups in total. The van der Waals surface area contributed by atoms with Gasteiger partial charge in [-0.3, -0.25) is 9.67 Å². The Hall–Kier alpha value is -1.39. The van der Waals surface area contributed by atoms with E-state index in [2.05, 4.69) is 28.4 Å². The first-order valence-corrected chi connectivity index (χ1v) is 6.83. The highest BCUT2D eigenvalue weighted by atomic mass is 35.5. The quantitative estimate of drug-likeness (QED) is 0.914. The van der Waals surface area contributed by atoms with E-state index in [9.17, 15) is 0 Å². The van der Waals surface area contributed by atoms with Crippen molar-refractivity contribution in [3.8, 4) is 0 Å². The second kappa shape index (κ2) is 6.17. The van der Waals surface area contributed by atoms with Crippen molar-refractivity contribution in [2.75, 3.05) is 7.05 Å². The molecule has 0 amide bonds. The zero-order valence-corrected chi connectivity index (χ0v) is 12.3. The van der Waals surface area contributed by atoms with Crippen LogP contribution in [0.1, 0.15) is 29.9 Å². The molecule has 0 aliphatic rings. The van der Waals surface area contributed by atoms with Crippen LogP contribution < -0.4 is 5.32 Å². The molecule has 4 nitrogen and oxygen atoms in total. The Morgan fingerprint density at radius 2 is 2.26 bits per heavy atom. The van der Waals surface area contributed by atoms with Gasteiger partial charge in [0.2, 0.25) is 0 Å². The first-order valence-electron chi connectivity index (χ1n) is 6.45. The van der Waals surface area contributed by atoms with Gasteiger partial charge >= 0.3 is 0 Å². The fraction of sp³-hybridized carbons (Fsp3) is 0.429. The van der Waals surface area contributed by atoms with Crippen LogP contribution in [0.25, 0.3) is 0 Å². The van der Waals surface area contributed by atoms with Gasteiger partial charge in [0.15, 0.2) is 0 Å². The van der Waals surface area contributed by atoms with Gasteiger partial charge in [-0.1, -0.05) is 11.6 Å². The van der Waals surface area contributed by atoms with Crippen LogP contribution in [0.3, 0.4) is 0 Å². The third kappa shape index (κ3) is 3.14. The predicted octanol–water partition coefficient (Wildman–Crippen LogP) is 2.76. The van der Waals surface area contributed by atoms with Gasteiger partial charge in [-0.05, 0) is 38.6 Å². The summed E-state index contributed by atoms with van der Waals surface area (Å²) >= 11 is 6.22. The monoisotopic (exact) mass is 278 g/mol. The molecular weight excluding hydrogens is 260 g/mol. The van der Waals surface area contributed by atoms with Gasteiger partial charge in [0.25, 0.3) is 0 Å². The summed E-state index contributed by atoms with van der Waals surface area (Å²) in [6.07, 6.45) is 4.31. The molecule has 2 aromatic rings. The fourth-order valence-electron chi connectivity index (χ4n) is 2.28. The molecule has 0 spiro atoms. The van der Waals surface area contributed by atoms with Crippen LogP contribution in [0.4, 0.5) is 0 Å². The van der Waals surface area contributed by atoms with E-state index in [1.807, 2.05) is 24.7 Å². The van der Waals surface area contributed by atoms with Crippen molar-refractivity contribution in [3.63, 3.8) is 0 Å². The molecular formula is C14H19ClN4. The van der Waals surface area contributed by atoms with Gasteiger partial charge < -0.3 is 5.32 Å². The normalized spacial score (nSPS) is 12.6. The standard InChI is InChI=1S/C14H19ClN4/c1-4-19-11(7-10(2)18-19)8-14(16-3)12-5-6-17-9-13(12)15/h5-7,9,14,16H,4,8H2,1-3H3. The third-order valence-corrected chi connectivity index (χ3v) is 3.54. The molecule has 0 radical (unpaired) electrons. The SMILES string of the molecule is CCn1nc(C)cc1CC(NC)c1ccncc1Cl. The first-order chi connectivity index (χ1) is 9.15. The Kier molecular flexibility index (Phi) is 4.56. The lowest BCUT2D eigenvalue weighted by molar-refractivity contribution is 0.541. The number of nitrogens with zero attached hydrogens (tertiary/aromatic N) is 3. The lowest BCUT2D eigenvalue weighted by Crippen LogP contribution is -2.21. The summed E-state index contributed by atoms with van der Waals surface area (Å²) in [6, 6.07) is 4.25. The summed E-state index contributed by atoms with van der Waals surface area (Å²) in [5, 5.41) is 8.49. The fourth-order valence-corrected chi connectivity index (χ4v) is 2.53. The van der Waals surface area contributed by atoms with Crippen molar-refractivity contribution in [1.29, 1.82) is 0 Å². The number of aromatic nitrogens is 3. The highest BCUT2D eigenvalue weighted by Gasteiger charge is 2.16. The molecule has 5 heteroatoms. The van der Waals surface area contributed by atoms with Crippen LogP contribution in [-0.2, 0) is 13.0 Å². The molecule has 0 aromatic carbocycles. The summed E-state index contributed by atoms with van der Waals surface area (Å²) in [5.74, 6) is 0. The minimum absolute atomic E-state index is 0.164. The lowest BCUT2D eigenvalue weighted by Gasteiger charge is -2.18. The van der Waals surface area contributed by atoms with E-state index >= 15 is 0 Å². The summed E-state index contributed by atoms with van der Waals surface area (Å²) in [5.41, 5.74) is 3.33. The van der Waals surface area contributed by atoms with Crippen LogP contribution >= 0.6 is 11.6 Å². The van der Waals surface area contributed by atoms with Crippen molar-refractivity contribution >= 4 is 11.6 Å². The molecule has 1 unspecified atom stereocenters. The molecule has 1 atom stereocenters. The van der Waals surface area contributed by atoms with Gasteiger partial charge in [-0.2, -0.15) is 5.10 Å². The van der Waals surface area contributed by atoms with Gasteiger partial charge in [0.05, 0.1) is 10.7 Å². The molecule has 102 valence electrons.